The number of amides is 1. The third-order valence-corrected chi connectivity index (χ3v) is 3.99. The first-order valence-corrected chi connectivity index (χ1v) is 6.53. The van der Waals surface area contributed by atoms with Crippen molar-refractivity contribution in [1.82, 2.24) is 4.90 Å². The van der Waals surface area contributed by atoms with Crippen LogP contribution >= 0.6 is 0 Å². The summed E-state index contributed by atoms with van der Waals surface area (Å²) in [4.78, 5) is 14.5. The molecule has 1 aliphatic rings. The smallest absolute Gasteiger partial charge is 0.232 e. The second kappa shape index (κ2) is 4.73. The summed E-state index contributed by atoms with van der Waals surface area (Å²) in [5, 5.41) is 0. The van der Waals surface area contributed by atoms with Crippen LogP contribution in [-0.2, 0) is 10.2 Å². The second-order valence-corrected chi connectivity index (χ2v) is 5.84. The number of benzene rings is 1. The summed E-state index contributed by atoms with van der Waals surface area (Å²) in [7, 11) is 0. The molecule has 2 rings (SSSR count). The van der Waals surface area contributed by atoms with Gasteiger partial charge in [0, 0.05) is 19.1 Å². The molecule has 0 aromatic heterocycles. The van der Waals surface area contributed by atoms with Crippen molar-refractivity contribution in [2.75, 3.05) is 13.1 Å². The maximum absolute atomic E-state index is 12.6. The molecule has 1 fully saturated rings. The highest BCUT2D eigenvalue weighted by Crippen LogP contribution is 2.28. The van der Waals surface area contributed by atoms with Crippen LogP contribution in [0.25, 0.3) is 0 Å². The summed E-state index contributed by atoms with van der Waals surface area (Å²) in [5.74, 6) is 0.564. The number of carbonyl (C=O) groups is 1. The molecule has 1 aliphatic heterocycles. The Balaban J connectivity index is 2.18. The Morgan fingerprint density at radius 1 is 1.28 bits per heavy atom. The average molecular weight is 246 g/mol. The first-order chi connectivity index (χ1) is 8.43. The average Bonchev–Trinajstić information content (AvgIpc) is 2.69. The number of hydrogen-bond donors (Lipinski definition) is 1. The van der Waals surface area contributed by atoms with Gasteiger partial charge in [0.1, 0.15) is 0 Å². The van der Waals surface area contributed by atoms with E-state index in [1.807, 2.05) is 49.1 Å². The van der Waals surface area contributed by atoms with Gasteiger partial charge in [0.05, 0.1) is 5.41 Å². The molecule has 0 bridgehead atoms. The van der Waals surface area contributed by atoms with E-state index in [1.54, 1.807) is 0 Å². The van der Waals surface area contributed by atoms with E-state index in [4.69, 9.17) is 5.73 Å². The zero-order valence-electron chi connectivity index (χ0n) is 11.4. The first kappa shape index (κ1) is 13.1. The van der Waals surface area contributed by atoms with Crippen LogP contribution in [0.1, 0.15) is 26.3 Å². The lowest BCUT2D eigenvalue weighted by Crippen LogP contribution is -2.43. The summed E-state index contributed by atoms with van der Waals surface area (Å²) in [6.07, 6.45) is 0. The Labute approximate surface area is 109 Å². The first-order valence-electron chi connectivity index (χ1n) is 6.53. The van der Waals surface area contributed by atoms with Crippen molar-refractivity contribution in [3.05, 3.63) is 35.9 Å². The molecule has 1 aromatic rings. The van der Waals surface area contributed by atoms with Crippen molar-refractivity contribution in [2.24, 2.45) is 11.7 Å². The molecule has 3 heteroatoms. The van der Waals surface area contributed by atoms with Crippen molar-refractivity contribution in [2.45, 2.75) is 32.2 Å². The Kier molecular flexibility index (Phi) is 3.44. The molecule has 2 N–H and O–H groups in total. The molecule has 0 radical (unpaired) electrons. The van der Waals surface area contributed by atoms with Crippen LogP contribution in [0.15, 0.2) is 30.3 Å². The van der Waals surface area contributed by atoms with Crippen LogP contribution in [0.3, 0.4) is 0 Å². The highest BCUT2D eigenvalue weighted by Gasteiger charge is 2.38. The zero-order valence-corrected chi connectivity index (χ0v) is 11.4. The second-order valence-electron chi connectivity index (χ2n) is 5.84. The maximum atomic E-state index is 12.6. The van der Waals surface area contributed by atoms with E-state index in [0.717, 1.165) is 12.1 Å². The van der Waals surface area contributed by atoms with Crippen LogP contribution in [-0.4, -0.2) is 29.9 Å². The third-order valence-electron chi connectivity index (χ3n) is 3.99. The molecule has 1 saturated heterocycles. The van der Waals surface area contributed by atoms with E-state index in [0.29, 0.717) is 12.5 Å². The molecule has 18 heavy (non-hydrogen) atoms. The molecule has 1 heterocycles. The molecule has 2 atom stereocenters. The predicted molar refractivity (Wildman–Crippen MR) is 73.2 cm³/mol. The van der Waals surface area contributed by atoms with Gasteiger partial charge in [0.15, 0.2) is 0 Å². The normalized spacial score (nSPS) is 24.3. The summed E-state index contributed by atoms with van der Waals surface area (Å²) in [5.41, 5.74) is 6.57. The van der Waals surface area contributed by atoms with Gasteiger partial charge in [-0.1, -0.05) is 37.3 Å². The topological polar surface area (TPSA) is 46.3 Å². The summed E-state index contributed by atoms with van der Waals surface area (Å²) in [6.45, 7) is 7.53. The number of rotatable bonds is 2. The van der Waals surface area contributed by atoms with Crippen LogP contribution in [0.5, 0.6) is 0 Å². The van der Waals surface area contributed by atoms with Crippen LogP contribution in [0.2, 0.25) is 0 Å². The highest BCUT2D eigenvalue weighted by atomic mass is 16.2. The van der Waals surface area contributed by atoms with Crippen molar-refractivity contribution in [1.29, 1.82) is 0 Å². The number of carbonyl (C=O) groups excluding carboxylic acids is 1. The number of likely N-dealkylation sites (tertiary alicyclic amines) is 1. The fraction of sp³-hybridized carbons (Fsp3) is 0.533. The van der Waals surface area contributed by atoms with Gasteiger partial charge in [0.2, 0.25) is 5.91 Å². The molecule has 1 aromatic carbocycles. The number of nitrogens with two attached hydrogens (primary N) is 1. The predicted octanol–water partition coefficient (Wildman–Crippen LogP) is 1.77. The lowest BCUT2D eigenvalue weighted by Gasteiger charge is -2.29. The van der Waals surface area contributed by atoms with E-state index in [-0.39, 0.29) is 11.9 Å². The lowest BCUT2D eigenvalue weighted by atomic mass is 9.83. The molecule has 98 valence electrons. The molecule has 0 aliphatic carbocycles. The summed E-state index contributed by atoms with van der Waals surface area (Å²) < 4.78 is 0. The van der Waals surface area contributed by atoms with Crippen molar-refractivity contribution >= 4 is 5.91 Å². The van der Waals surface area contributed by atoms with Gasteiger partial charge in [-0.2, -0.15) is 0 Å². The van der Waals surface area contributed by atoms with Gasteiger partial charge in [-0.3, -0.25) is 4.79 Å². The Morgan fingerprint density at radius 3 is 2.39 bits per heavy atom. The Morgan fingerprint density at radius 2 is 1.89 bits per heavy atom. The minimum absolute atomic E-state index is 0.112. The summed E-state index contributed by atoms with van der Waals surface area (Å²) in [6, 6.07) is 10.1. The lowest BCUT2D eigenvalue weighted by molar-refractivity contribution is -0.135. The van der Waals surface area contributed by atoms with Crippen LogP contribution in [0.4, 0.5) is 0 Å². The Hall–Kier alpha value is -1.35. The monoisotopic (exact) mass is 246 g/mol. The molecular weight excluding hydrogens is 224 g/mol. The minimum atomic E-state index is -0.481. The van der Waals surface area contributed by atoms with Gasteiger partial charge in [0.25, 0.3) is 0 Å². The third kappa shape index (κ3) is 2.27. The van der Waals surface area contributed by atoms with Gasteiger partial charge in [-0.05, 0) is 25.3 Å². The SMILES string of the molecule is CC1CN(C(=O)C(C)(C)c2ccccc2)CC1N. The van der Waals surface area contributed by atoms with E-state index >= 15 is 0 Å². The molecule has 0 saturated carbocycles. The molecule has 0 spiro atoms. The van der Waals surface area contributed by atoms with Gasteiger partial charge < -0.3 is 10.6 Å². The maximum Gasteiger partial charge on any atom is 0.232 e. The Bertz CT molecular complexity index is 417. The van der Waals surface area contributed by atoms with Crippen LogP contribution in [0, 0.1) is 5.92 Å². The van der Waals surface area contributed by atoms with E-state index < -0.39 is 5.41 Å². The zero-order chi connectivity index (χ0) is 13.3. The minimum Gasteiger partial charge on any atom is -0.340 e. The van der Waals surface area contributed by atoms with E-state index in [2.05, 4.69) is 6.92 Å². The molecule has 3 nitrogen and oxygen atoms in total. The molecule has 1 amide bonds. The molecule has 2 unspecified atom stereocenters. The van der Waals surface area contributed by atoms with Gasteiger partial charge in [-0.15, -0.1) is 0 Å². The van der Waals surface area contributed by atoms with Gasteiger partial charge in [-0.25, -0.2) is 0 Å². The number of nitrogens with zero attached hydrogens (tertiary/aromatic N) is 1. The number of hydrogen-bond acceptors (Lipinski definition) is 2. The van der Waals surface area contributed by atoms with Crippen LogP contribution < -0.4 is 5.73 Å². The fourth-order valence-electron chi connectivity index (χ4n) is 2.53. The van der Waals surface area contributed by atoms with E-state index in [9.17, 15) is 4.79 Å². The molecular formula is C15H22N2O. The largest absolute Gasteiger partial charge is 0.340 e. The fourth-order valence-corrected chi connectivity index (χ4v) is 2.53. The van der Waals surface area contributed by atoms with E-state index in [1.165, 1.54) is 0 Å². The van der Waals surface area contributed by atoms with Crippen molar-refractivity contribution in [3.63, 3.8) is 0 Å². The standard InChI is InChI=1S/C15H22N2O/c1-11-9-17(10-13(11)16)14(18)15(2,3)12-7-5-4-6-8-12/h4-8,11,13H,9-10,16H2,1-3H3. The van der Waals surface area contributed by atoms with Crippen molar-refractivity contribution < 1.29 is 4.79 Å². The van der Waals surface area contributed by atoms with Gasteiger partial charge >= 0.3 is 0 Å². The van der Waals surface area contributed by atoms with Crippen molar-refractivity contribution in [3.8, 4) is 0 Å². The quantitative estimate of drug-likeness (QED) is 0.864. The highest BCUT2D eigenvalue weighted by molar-refractivity contribution is 5.87. The summed E-state index contributed by atoms with van der Waals surface area (Å²) >= 11 is 0.